The molecule has 0 bridgehead atoms. The molecule has 0 radical (unpaired) electrons. The zero-order valence-electron chi connectivity index (χ0n) is 15.2. The Morgan fingerprint density at radius 2 is 2.12 bits per heavy atom. The number of guanidine groups is 1. The molecule has 0 spiro atoms. The number of nitrogens with zero attached hydrogens (tertiary/aromatic N) is 2. The lowest BCUT2D eigenvalue weighted by Crippen LogP contribution is -2.63. The predicted octanol–water partition coefficient (Wildman–Crippen LogP) is 2.82. The molecule has 1 aliphatic rings. The third kappa shape index (κ3) is 3.69. The van der Waals surface area contributed by atoms with Gasteiger partial charge in [0, 0.05) is 31.2 Å². The second kappa shape index (κ2) is 7.27. The lowest BCUT2D eigenvalue weighted by molar-refractivity contribution is -0.0922. The first kappa shape index (κ1) is 17.5. The molecule has 1 saturated carbocycles. The van der Waals surface area contributed by atoms with E-state index in [-0.39, 0.29) is 11.5 Å². The van der Waals surface area contributed by atoms with E-state index in [0.717, 1.165) is 23.6 Å². The van der Waals surface area contributed by atoms with Crippen molar-refractivity contribution in [2.24, 2.45) is 10.4 Å². The average Bonchev–Trinajstić information content (AvgIpc) is 3.10. The first-order valence-electron chi connectivity index (χ1n) is 8.54. The van der Waals surface area contributed by atoms with E-state index >= 15 is 0 Å². The summed E-state index contributed by atoms with van der Waals surface area (Å²) in [7, 11) is 3.54. The van der Waals surface area contributed by atoms with E-state index in [9.17, 15) is 0 Å². The van der Waals surface area contributed by atoms with E-state index in [1.165, 1.54) is 0 Å². The van der Waals surface area contributed by atoms with E-state index < -0.39 is 0 Å². The van der Waals surface area contributed by atoms with E-state index in [0.29, 0.717) is 18.5 Å². The molecular weight excluding hydrogens is 316 g/mol. The van der Waals surface area contributed by atoms with E-state index in [1.807, 2.05) is 30.3 Å². The van der Waals surface area contributed by atoms with Crippen LogP contribution in [0.2, 0.25) is 0 Å². The first-order chi connectivity index (χ1) is 12.0. The Labute approximate surface area is 148 Å². The molecule has 2 N–H and O–H groups in total. The Bertz CT molecular complexity index is 724. The number of aliphatic imine (C=N–C) groups is 1. The van der Waals surface area contributed by atoms with Crippen LogP contribution >= 0.6 is 0 Å². The molecule has 2 atom stereocenters. The van der Waals surface area contributed by atoms with Gasteiger partial charge in [0.1, 0.15) is 6.26 Å². The maximum Gasteiger partial charge on any atom is 0.226 e. The quantitative estimate of drug-likeness (QED) is 0.646. The Balaban J connectivity index is 1.55. The summed E-state index contributed by atoms with van der Waals surface area (Å²) in [5, 5.41) is 6.76. The summed E-state index contributed by atoms with van der Waals surface area (Å²) in [4.78, 5) is 8.82. The van der Waals surface area contributed by atoms with Gasteiger partial charge in [0.25, 0.3) is 0 Å². The SMILES string of the molecule is CN=C(NCc1coc(-c2ccccc2)n1)NC1CC(OC)C1(C)C. The van der Waals surface area contributed by atoms with Crippen molar-refractivity contribution < 1.29 is 9.15 Å². The molecule has 0 saturated heterocycles. The molecule has 1 aliphatic carbocycles. The van der Waals surface area contributed by atoms with Crippen LogP contribution in [-0.4, -0.2) is 37.2 Å². The standard InChI is InChI=1S/C19H26N4O2/c1-19(2)15(10-16(19)24-4)23-18(20-3)21-11-14-12-25-17(22-14)13-8-6-5-7-9-13/h5-9,12,15-16H,10-11H2,1-4H3,(H2,20,21,23). The molecule has 0 aliphatic heterocycles. The van der Waals surface area contributed by atoms with Gasteiger partial charge in [-0.1, -0.05) is 32.0 Å². The summed E-state index contributed by atoms with van der Waals surface area (Å²) in [5.41, 5.74) is 1.89. The van der Waals surface area contributed by atoms with Gasteiger partial charge in [-0.3, -0.25) is 4.99 Å². The van der Waals surface area contributed by atoms with E-state index in [4.69, 9.17) is 9.15 Å². The smallest absolute Gasteiger partial charge is 0.226 e. The lowest BCUT2D eigenvalue weighted by atomic mass is 9.64. The summed E-state index contributed by atoms with van der Waals surface area (Å²) in [6, 6.07) is 10.2. The minimum Gasteiger partial charge on any atom is -0.444 e. The number of ether oxygens (including phenoxy) is 1. The van der Waals surface area contributed by atoms with Gasteiger partial charge in [-0.2, -0.15) is 0 Å². The molecule has 1 fully saturated rings. The number of rotatable bonds is 5. The topological polar surface area (TPSA) is 71.7 Å². The third-order valence-corrected chi connectivity index (χ3v) is 5.01. The number of hydrogen-bond donors (Lipinski definition) is 2. The molecule has 2 aromatic rings. The largest absolute Gasteiger partial charge is 0.444 e. The minimum atomic E-state index is 0.0841. The average molecular weight is 342 g/mol. The molecule has 1 aromatic heterocycles. The molecule has 6 nitrogen and oxygen atoms in total. The van der Waals surface area contributed by atoms with Crippen LogP contribution in [0.1, 0.15) is 26.0 Å². The van der Waals surface area contributed by atoms with Gasteiger partial charge >= 0.3 is 0 Å². The van der Waals surface area contributed by atoms with Crippen LogP contribution in [0, 0.1) is 5.41 Å². The van der Waals surface area contributed by atoms with Gasteiger partial charge in [0.2, 0.25) is 5.89 Å². The van der Waals surface area contributed by atoms with Crippen LogP contribution in [0.5, 0.6) is 0 Å². The highest BCUT2D eigenvalue weighted by Gasteiger charge is 2.48. The minimum absolute atomic E-state index is 0.0841. The van der Waals surface area contributed by atoms with Crippen LogP contribution in [0.15, 0.2) is 46.0 Å². The van der Waals surface area contributed by atoms with Crippen molar-refractivity contribution in [2.75, 3.05) is 14.2 Å². The third-order valence-electron chi connectivity index (χ3n) is 5.01. The number of oxazole rings is 1. The van der Waals surface area contributed by atoms with Crippen LogP contribution in [0.3, 0.4) is 0 Å². The van der Waals surface area contributed by atoms with Crippen molar-refractivity contribution in [3.8, 4) is 11.5 Å². The molecule has 1 heterocycles. The van der Waals surface area contributed by atoms with Crippen LogP contribution in [0.25, 0.3) is 11.5 Å². The summed E-state index contributed by atoms with van der Waals surface area (Å²) in [6.45, 7) is 4.97. The maximum atomic E-state index is 5.56. The Morgan fingerprint density at radius 3 is 2.76 bits per heavy atom. The maximum absolute atomic E-state index is 5.56. The molecule has 134 valence electrons. The fourth-order valence-corrected chi connectivity index (χ4v) is 3.17. The lowest BCUT2D eigenvalue weighted by Gasteiger charge is -2.51. The fraction of sp³-hybridized carbons (Fsp3) is 0.474. The molecule has 2 unspecified atom stereocenters. The second-order valence-corrected chi connectivity index (χ2v) is 6.91. The summed E-state index contributed by atoms with van der Waals surface area (Å²) in [6.07, 6.45) is 2.94. The highest BCUT2D eigenvalue weighted by molar-refractivity contribution is 5.80. The van der Waals surface area contributed by atoms with Crippen molar-refractivity contribution in [1.29, 1.82) is 0 Å². The van der Waals surface area contributed by atoms with Crippen molar-refractivity contribution in [3.63, 3.8) is 0 Å². The summed E-state index contributed by atoms with van der Waals surface area (Å²) < 4.78 is 11.1. The van der Waals surface area contributed by atoms with Gasteiger partial charge in [-0.15, -0.1) is 0 Å². The van der Waals surface area contributed by atoms with Crippen molar-refractivity contribution in [1.82, 2.24) is 15.6 Å². The highest BCUT2D eigenvalue weighted by atomic mass is 16.5. The van der Waals surface area contributed by atoms with Gasteiger partial charge in [0.05, 0.1) is 18.3 Å². The molecular formula is C19H26N4O2. The molecule has 6 heteroatoms. The zero-order chi connectivity index (χ0) is 17.9. The Hall–Kier alpha value is -2.34. The number of nitrogens with one attached hydrogen (secondary N) is 2. The normalized spacial score (nSPS) is 22.3. The van der Waals surface area contributed by atoms with Gasteiger partial charge in [-0.25, -0.2) is 4.98 Å². The van der Waals surface area contributed by atoms with Crippen LogP contribution in [0.4, 0.5) is 0 Å². The fourth-order valence-electron chi connectivity index (χ4n) is 3.17. The molecule has 25 heavy (non-hydrogen) atoms. The second-order valence-electron chi connectivity index (χ2n) is 6.91. The molecule has 0 amide bonds. The van der Waals surface area contributed by atoms with Crippen molar-refractivity contribution in [2.45, 2.75) is 39.0 Å². The predicted molar refractivity (Wildman–Crippen MR) is 98.3 cm³/mol. The highest BCUT2D eigenvalue weighted by Crippen LogP contribution is 2.42. The van der Waals surface area contributed by atoms with E-state index in [1.54, 1.807) is 20.4 Å². The van der Waals surface area contributed by atoms with E-state index in [2.05, 4.69) is 34.5 Å². The number of hydrogen-bond acceptors (Lipinski definition) is 4. The Kier molecular flexibility index (Phi) is 5.08. The number of methoxy groups -OCH3 is 1. The number of aromatic nitrogens is 1. The number of benzene rings is 1. The van der Waals surface area contributed by atoms with Gasteiger partial charge in [-0.05, 0) is 18.6 Å². The zero-order valence-corrected chi connectivity index (χ0v) is 15.2. The molecule has 3 rings (SSSR count). The summed E-state index contributed by atoms with van der Waals surface area (Å²) >= 11 is 0. The summed E-state index contributed by atoms with van der Waals surface area (Å²) in [5.74, 6) is 1.39. The van der Waals surface area contributed by atoms with Gasteiger partial charge in [0.15, 0.2) is 5.96 Å². The molecule has 1 aromatic carbocycles. The van der Waals surface area contributed by atoms with Crippen LogP contribution in [-0.2, 0) is 11.3 Å². The van der Waals surface area contributed by atoms with Crippen LogP contribution < -0.4 is 10.6 Å². The monoisotopic (exact) mass is 342 g/mol. The van der Waals surface area contributed by atoms with Crippen molar-refractivity contribution in [3.05, 3.63) is 42.3 Å². The first-order valence-corrected chi connectivity index (χ1v) is 8.54. The Morgan fingerprint density at radius 1 is 1.36 bits per heavy atom. The van der Waals surface area contributed by atoms with Gasteiger partial charge < -0.3 is 19.8 Å². The van der Waals surface area contributed by atoms with Crippen molar-refractivity contribution >= 4 is 5.96 Å².